The number of anilines is 2. The molecule has 0 aliphatic carbocycles. The van der Waals surface area contributed by atoms with Gasteiger partial charge in [0.1, 0.15) is 5.69 Å². The number of aryl methyl sites for hydroxylation is 1. The smallest absolute Gasteiger partial charge is 0.292 e. The number of likely N-dealkylation sites (N-methyl/N-ethyl adjacent to an activating group) is 1. The molecule has 2 aromatic rings. The maximum Gasteiger partial charge on any atom is 0.292 e. The van der Waals surface area contributed by atoms with E-state index in [4.69, 9.17) is 0 Å². The molecule has 1 atom stereocenters. The zero-order chi connectivity index (χ0) is 20.7. The molecule has 8 heteroatoms. The number of nitrogens with zero attached hydrogens (tertiary/aromatic N) is 2. The van der Waals surface area contributed by atoms with E-state index in [0.717, 1.165) is 17.7 Å². The van der Waals surface area contributed by atoms with Gasteiger partial charge in [-0.1, -0.05) is 37.3 Å². The van der Waals surface area contributed by atoms with Crippen molar-refractivity contribution in [2.45, 2.75) is 26.3 Å². The van der Waals surface area contributed by atoms with Crippen molar-refractivity contribution in [3.05, 3.63) is 64.2 Å². The van der Waals surface area contributed by atoms with Crippen LogP contribution in [0, 0.1) is 10.1 Å². The molecule has 2 rings (SSSR count). The molecule has 2 amide bonds. The van der Waals surface area contributed by atoms with E-state index in [1.54, 1.807) is 24.9 Å². The molecule has 0 unspecified atom stereocenters. The van der Waals surface area contributed by atoms with Crippen molar-refractivity contribution in [1.29, 1.82) is 0 Å². The third-order valence-electron chi connectivity index (χ3n) is 4.46. The van der Waals surface area contributed by atoms with Crippen LogP contribution in [0.2, 0.25) is 0 Å². The van der Waals surface area contributed by atoms with Gasteiger partial charge in [-0.25, -0.2) is 0 Å². The molecule has 0 spiro atoms. The van der Waals surface area contributed by atoms with Crippen LogP contribution < -0.4 is 10.6 Å². The predicted molar refractivity (Wildman–Crippen MR) is 108 cm³/mol. The summed E-state index contributed by atoms with van der Waals surface area (Å²) in [6.45, 7) is 3.65. The van der Waals surface area contributed by atoms with Crippen LogP contribution in [0.25, 0.3) is 0 Å². The number of benzene rings is 2. The number of carbonyl (C=O) groups excluding carboxylic acids is 2. The summed E-state index contributed by atoms with van der Waals surface area (Å²) in [6, 6.07) is 12.8. The number of nitro groups is 1. The van der Waals surface area contributed by atoms with Crippen molar-refractivity contribution in [1.82, 2.24) is 4.90 Å². The highest BCUT2D eigenvalue weighted by Crippen LogP contribution is 2.23. The summed E-state index contributed by atoms with van der Waals surface area (Å²) >= 11 is 0. The first kappa shape index (κ1) is 21.0. The number of hydrogen-bond donors (Lipinski definition) is 2. The average molecular weight is 384 g/mol. The third-order valence-corrected chi connectivity index (χ3v) is 4.46. The lowest BCUT2D eigenvalue weighted by molar-refractivity contribution is -0.383. The summed E-state index contributed by atoms with van der Waals surface area (Å²) in [5, 5.41) is 16.5. The van der Waals surface area contributed by atoms with Crippen molar-refractivity contribution in [3.63, 3.8) is 0 Å². The minimum atomic E-state index is -0.660. The van der Waals surface area contributed by atoms with Gasteiger partial charge in [-0.3, -0.25) is 24.6 Å². The number of nitro benzene ring substituents is 1. The van der Waals surface area contributed by atoms with Crippen LogP contribution in [-0.2, 0) is 16.0 Å². The van der Waals surface area contributed by atoms with E-state index in [2.05, 4.69) is 10.6 Å². The van der Waals surface area contributed by atoms with Gasteiger partial charge in [-0.05, 0) is 38.1 Å². The second-order valence-corrected chi connectivity index (χ2v) is 6.41. The predicted octanol–water partition coefficient (Wildman–Crippen LogP) is 3.05. The monoisotopic (exact) mass is 384 g/mol. The van der Waals surface area contributed by atoms with Gasteiger partial charge in [0.15, 0.2) is 0 Å². The topological polar surface area (TPSA) is 105 Å². The van der Waals surface area contributed by atoms with E-state index >= 15 is 0 Å². The Kier molecular flexibility index (Phi) is 7.22. The molecule has 0 bridgehead atoms. The number of nitrogens with one attached hydrogen (secondary N) is 2. The summed E-state index contributed by atoms with van der Waals surface area (Å²) < 4.78 is 0. The van der Waals surface area contributed by atoms with Crippen LogP contribution in [0.4, 0.5) is 17.1 Å². The normalized spacial score (nSPS) is 11.7. The molecular formula is C20H24N4O4. The lowest BCUT2D eigenvalue weighted by Crippen LogP contribution is -2.43. The van der Waals surface area contributed by atoms with E-state index in [9.17, 15) is 19.7 Å². The zero-order valence-corrected chi connectivity index (χ0v) is 16.1. The van der Waals surface area contributed by atoms with E-state index < -0.39 is 16.9 Å². The van der Waals surface area contributed by atoms with E-state index in [-0.39, 0.29) is 23.8 Å². The van der Waals surface area contributed by atoms with Gasteiger partial charge >= 0.3 is 0 Å². The highest BCUT2D eigenvalue weighted by molar-refractivity contribution is 5.97. The van der Waals surface area contributed by atoms with Crippen LogP contribution in [-0.4, -0.2) is 41.3 Å². The summed E-state index contributed by atoms with van der Waals surface area (Å²) in [6.07, 6.45) is 0.793. The summed E-state index contributed by atoms with van der Waals surface area (Å²) in [7, 11) is 1.65. The molecule has 0 aliphatic rings. The van der Waals surface area contributed by atoms with Crippen LogP contribution in [0.1, 0.15) is 19.4 Å². The van der Waals surface area contributed by atoms with Gasteiger partial charge in [0.25, 0.3) is 5.69 Å². The number of para-hydroxylation sites is 3. The number of carbonyl (C=O) groups is 2. The van der Waals surface area contributed by atoms with Gasteiger partial charge in [-0.15, -0.1) is 0 Å². The molecule has 148 valence electrons. The van der Waals surface area contributed by atoms with E-state index in [1.807, 2.05) is 31.2 Å². The highest BCUT2D eigenvalue weighted by atomic mass is 16.6. The fourth-order valence-corrected chi connectivity index (χ4v) is 2.68. The van der Waals surface area contributed by atoms with Crippen molar-refractivity contribution < 1.29 is 14.5 Å². The highest BCUT2D eigenvalue weighted by Gasteiger charge is 2.23. The van der Waals surface area contributed by atoms with Crippen LogP contribution in [0.15, 0.2) is 48.5 Å². The van der Waals surface area contributed by atoms with Gasteiger partial charge in [-0.2, -0.15) is 0 Å². The van der Waals surface area contributed by atoms with Crippen LogP contribution in [0.5, 0.6) is 0 Å². The minimum absolute atomic E-state index is 0.00349. The Morgan fingerprint density at radius 3 is 2.32 bits per heavy atom. The summed E-state index contributed by atoms with van der Waals surface area (Å²) in [5.74, 6) is -0.674. The van der Waals surface area contributed by atoms with Crippen molar-refractivity contribution >= 4 is 28.9 Å². The molecule has 2 N–H and O–H groups in total. The van der Waals surface area contributed by atoms with Crippen molar-refractivity contribution in [2.75, 3.05) is 24.2 Å². The Balaban J connectivity index is 1.98. The quantitative estimate of drug-likeness (QED) is 0.538. The molecule has 0 radical (unpaired) electrons. The molecule has 0 saturated carbocycles. The first-order valence-corrected chi connectivity index (χ1v) is 8.95. The van der Waals surface area contributed by atoms with Crippen LogP contribution >= 0.6 is 0 Å². The first-order valence-electron chi connectivity index (χ1n) is 8.95. The van der Waals surface area contributed by atoms with E-state index in [1.165, 1.54) is 18.2 Å². The first-order chi connectivity index (χ1) is 13.3. The number of rotatable bonds is 8. The minimum Gasteiger partial charge on any atom is -0.325 e. The zero-order valence-electron chi connectivity index (χ0n) is 16.1. The number of amides is 2. The Bertz CT molecular complexity index is 869. The van der Waals surface area contributed by atoms with Gasteiger partial charge in [0.05, 0.1) is 17.5 Å². The Hall–Kier alpha value is -3.26. The maximum absolute atomic E-state index is 12.5. The molecular weight excluding hydrogens is 360 g/mol. The maximum atomic E-state index is 12.5. The second-order valence-electron chi connectivity index (χ2n) is 6.41. The fraction of sp³-hybridized carbons (Fsp3) is 0.300. The van der Waals surface area contributed by atoms with Gasteiger partial charge in [0, 0.05) is 11.8 Å². The Morgan fingerprint density at radius 2 is 1.68 bits per heavy atom. The lowest BCUT2D eigenvalue weighted by Gasteiger charge is -2.23. The summed E-state index contributed by atoms with van der Waals surface area (Å²) in [4.78, 5) is 36.9. The largest absolute Gasteiger partial charge is 0.325 e. The van der Waals surface area contributed by atoms with E-state index in [0.29, 0.717) is 0 Å². The van der Waals surface area contributed by atoms with Gasteiger partial charge < -0.3 is 10.6 Å². The standard InChI is InChI=1S/C20H24N4O4/c1-4-15-9-5-6-10-16(15)21-19(25)13-23(3)14(2)20(26)22-17-11-7-8-12-18(17)24(27)28/h5-12,14H,4,13H2,1-3H3,(H,21,25)(H,22,26)/t14-/m0/s1. The number of hydrogen-bond acceptors (Lipinski definition) is 5. The molecule has 0 heterocycles. The van der Waals surface area contributed by atoms with Gasteiger partial charge in [0.2, 0.25) is 11.8 Å². The molecule has 8 nitrogen and oxygen atoms in total. The average Bonchev–Trinajstić information content (AvgIpc) is 2.67. The molecule has 0 aromatic heterocycles. The molecule has 0 fully saturated rings. The fourth-order valence-electron chi connectivity index (χ4n) is 2.68. The summed E-state index contributed by atoms with van der Waals surface area (Å²) in [5.41, 5.74) is 1.72. The Labute approximate surface area is 163 Å². The molecule has 28 heavy (non-hydrogen) atoms. The molecule has 0 saturated heterocycles. The SMILES string of the molecule is CCc1ccccc1NC(=O)CN(C)[C@@H](C)C(=O)Nc1ccccc1[N+](=O)[O-]. The van der Waals surface area contributed by atoms with Crippen molar-refractivity contribution in [3.8, 4) is 0 Å². The lowest BCUT2D eigenvalue weighted by atomic mass is 10.1. The molecule has 0 aliphatic heterocycles. The Morgan fingerprint density at radius 1 is 1.07 bits per heavy atom. The second kappa shape index (κ2) is 9.61. The molecule has 2 aromatic carbocycles. The third kappa shape index (κ3) is 5.37. The van der Waals surface area contributed by atoms with Crippen LogP contribution in [0.3, 0.4) is 0 Å². The van der Waals surface area contributed by atoms with Crippen molar-refractivity contribution in [2.24, 2.45) is 0 Å².